The minimum atomic E-state index is -3.91. The van der Waals surface area contributed by atoms with Gasteiger partial charge in [-0.25, -0.2) is 13.2 Å². The third-order valence-corrected chi connectivity index (χ3v) is 5.02. The lowest BCUT2D eigenvalue weighted by Crippen LogP contribution is -2.19. The molecule has 7 heteroatoms. The first-order valence-corrected chi connectivity index (χ1v) is 10.3. The average Bonchev–Trinajstić information content (AvgIpc) is 2.55. The van der Waals surface area contributed by atoms with E-state index in [0.717, 1.165) is 5.56 Å². The minimum Gasteiger partial charge on any atom is -0.459 e. The number of anilines is 2. The van der Waals surface area contributed by atoms with Crippen molar-refractivity contribution >= 4 is 27.4 Å². The molecule has 0 saturated heterocycles. The van der Waals surface area contributed by atoms with E-state index in [1.54, 1.807) is 38.1 Å². The summed E-state index contributed by atoms with van der Waals surface area (Å²) in [5, 5.41) is 3.11. The van der Waals surface area contributed by atoms with Gasteiger partial charge in [-0.3, -0.25) is 4.72 Å². The number of nitrogens with one attached hydrogen (secondary N) is 2. The summed E-state index contributed by atoms with van der Waals surface area (Å²) in [6.45, 7) is 9.22. The number of rotatable bonds is 7. The van der Waals surface area contributed by atoms with E-state index >= 15 is 0 Å². The number of hydrogen-bond donors (Lipinski definition) is 2. The number of benzene rings is 2. The summed E-state index contributed by atoms with van der Waals surface area (Å²) in [5.41, 5.74) is 2.08. The zero-order valence-electron chi connectivity index (χ0n) is 16.2. The van der Waals surface area contributed by atoms with Gasteiger partial charge in [0.1, 0.15) is 4.90 Å². The summed E-state index contributed by atoms with van der Waals surface area (Å²) in [6.07, 6.45) is -0.295. The van der Waals surface area contributed by atoms with Gasteiger partial charge in [-0.05, 0) is 65.0 Å². The van der Waals surface area contributed by atoms with Gasteiger partial charge in [0.25, 0.3) is 10.0 Å². The molecule has 0 aliphatic heterocycles. The Morgan fingerprint density at radius 3 is 2.19 bits per heavy atom. The van der Waals surface area contributed by atoms with Crippen LogP contribution < -0.4 is 10.0 Å². The first kappa shape index (κ1) is 20.8. The van der Waals surface area contributed by atoms with Crippen molar-refractivity contribution in [3.63, 3.8) is 0 Å². The molecule has 0 aromatic heterocycles. The van der Waals surface area contributed by atoms with Crippen LogP contribution in [-0.4, -0.2) is 26.5 Å². The molecular formula is C20H26N2O4S. The second-order valence-electron chi connectivity index (χ2n) is 6.94. The predicted molar refractivity (Wildman–Crippen MR) is 108 cm³/mol. The molecule has 146 valence electrons. The molecule has 27 heavy (non-hydrogen) atoms. The molecule has 0 unspecified atom stereocenters. The van der Waals surface area contributed by atoms with Crippen molar-refractivity contribution in [1.29, 1.82) is 0 Å². The van der Waals surface area contributed by atoms with Gasteiger partial charge in [0, 0.05) is 11.7 Å². The highest BCUT2D eigenvalue weighted by Crippen LogP contribution is 2.26. The Morgan fingerprint density at radius 2 is 1.63 bits per heavy atom. The number of hydrogen-bond acceptors (Lipinski definition) is 5. The van der Waals surface area contributed by atoms with Gasteiger partial charge in [-0.15, -0.1) is 0 Å². The topological polar surface area (TPSA) is 84.5 Å². The van der Waals surface area contributed by atoms with Gasteiger partial charge in [0.15, 0.2) is 0 Å². The quantitative estimate of drug-likeness (QED) is 0.693. The Hall–Kier alpha value is -2.54. The highest BCUT2D eigenvalue weighted by molar-refractivity contribution is 7.92. The number of esters is 1. The number of sulfonamides is 1. The largest absolute Gasteiger partial charge is 0.459 e. The first-order chi connectivity index (χ1) is 12.6. The third-order valence-electron chi connectivity index (χ3n) is 3.60. The van der Waals surface area contributed by atoms with E-state index in [2.05, 4.69) is 10.0 Å². The number of carbonyl (C=O) groups is 1. The van der Waals surface area contributed by atoms with Crippen LogP contribution in [0.15, 0.2) is 47.4 Å². The van der Waals surface area contributed by atoms with Crippen LogP contribution in [-0.2, 0) is 14.8 Å². The van der Waals surface area contributed by atoms with E-state index in [1.807, 2.05) is 32.9 Å². The molecule has 0 bridgehead atoms. The molecule has 0 atom stereocenters. The number of ether oxygens (including phenoxy) is 1. The molecule has 2 N–H and O–H groups in total. The summed E-state index contributed by atoms with van der Waals surface area (Å²) in [7, 11) is -3.91. The molecule has 0 saturated carbocycles. The standard InChI is InChI=1S/C20H26N2O4S/c1-13(2)21-18-11-8-16(20(23)26-14(3)4)12-19(18)27(24,25)22-17-9-6-15(5)7-10-17/h6-14,21-22H,1-5H3. The van der Waals surface area contributed by atoms with Gasteiger partial charge >= 0.3 is 5.97 Å². The molecule has 0 fully saturated rings. The van der Waals surface area contributed by atoms with Crippen molar-refractivity contribution in [1.82, 2.24) is 0 Å². The normalized spacial score (nSPS) is 11.5. The average molecular weight is 391 g/mol. The fraction of sp³-hybridized carbons (Fsp3) is 0.350. The second-order valence-corrected chi connectivity index (χ2v) is 8.59. The summed E-state index contributed by atoms with van der Waals surface area (Å²) in [5.74, 6) is -0.562. The molecule has 6 nitrogen and oxygen atoms in total. The molecule has 2 rings (SSSR count). The third kappa shape index (κ3) is 5.72. The molecular weight excluding hydrogens is 364 g/mol. The number of aryl methyl sites for hydroxylation is 1. The van der Waals surface area contributed by atoms with Crippen molar-refractivity contribution < 1.29 is 17.9 Å². The molecule has 2 aromatic carbocycles. The molecule has 0 amide bonds. The van der Waals surface area contributed by atoms with E-state index < -0.39 is 16.0 Å². The van der Waals surface area contributed by atoms with Gasteiger partial charge in [0.2, 0.25) is 0 Å². The van der Waals surface area contributed by atoms with E-state index in [1.165, 1.54) is 6.07 Å². The Balaban J connectivity index is 2.45. The lowest BCUT2D eigenvalue weighted by molar-refractivity contribution is 0.0377. The van der Waals surface area contributed by atoms with Crippen LogP contribution in [0.1, 0.15) is 43.6 Å². The zero-order chi connectivity index (χ0) is 20.2. The van der Waals surface area contributed by atoms with Crippen molar-refractivity contribution in [2.24, 2.45) is 0 Å². The van der Waals surface area contributed by atoms with Crippen LogP contribution in [0, 0.1) is 6.92 Å². The van der Waals surface area contributed by atoms with Crippen molar-refractivity contribution in [3.05, 3.63) is 53.6 Å². The van der Waals surface area contributed by atoms with Crippen LogP contribution in [0.5, 0.6) is 0 Å². The van der Waals surface area contributed by atoms with E-state index in [9.17, 15) is 13.2 Å². The molecule has 0 spiro atoms. The summed E-state index contributed by atoms with van der Waals surface area (Å²) >= 11 is 0. The van der Waals surface area contributed by atoms with Crippen molar-refractivity contribution in [2.75, 3.05) is 10.0 Å². The predicted octanol–water partition coefficient (Wildman–Crippen LogP) is 4.18. The summed E-state index contributed by atoms with van der Waals surface area (Å²) in [4.78, 5) is 12.2. The Labute approximate surface area is 161 Å². The van der Waals surface area contributed by atoms with Crippen LogP contribution in [0.3, 0.4) is 0 Å². The smallest absolute Gasteiger partial charge is 0.338 e. The van der Waals surface area contributed by atoms with Gasteiger partial charge < -0.3 is 10.1 Å². The molecule has 0 aliphatic rings. The van der Waals surface area contributed by atoms with Gasteiger partial charge in [-0.2, -0.15) is 0 Å². The highest BCUT2D eigenvalue weighted by atomic mass is 32.2. The fourth-order valence-corrected chi connectivity index (χ4v) is 3.67. The Morgan fingerprint density at radius 1 is 1.00 bits per heavy atom. The van der Waals surface area contributed by atoms with Crippen LogP contribution in [0.25, 0.3) is 0 Å². The van der Waals surface area contributed by atoms with Crippen molar-refractivity contribution in [3.8, 4) is 0 Å². The molecule has 2 aromatic rings. The minimum absolute atomic E-state index is 0.00465. The lowest BCUT2D eigenvalue weighted by Gasteiger charge is -2.17. The van der Waals surface area contributed by atoms with Crippen LogP contribution >= 0.6 is 0 Å². The van der Waals surface area contributed by atoms with Gasteiger partial charge in [-0.1, -0.05) is 17.7 Å². The molecule has 0 heterocycles. The summed E-state index contributed by atoms with van der Waals surface area (Å²) in [6, 6.07) is 11.5. The monoisotopic (exact) mass is 390 g/mol. The van der Waals surface area contributed by atoms with Gasteiger partial charge in [0.05, 0.1) is 17.4 Å². The number of carbonyl (C=O) groups excluding carboxylic acids is 1. The molecule has 0 radical (unpaired) electrons. The Bertz CT molecular complexity index is 904. The lowest BCUT2D eigenvalue weighted by atomic mass is 10.2. The van der Waals surface area contributed by atoms with E-state index in [4.69, 9.17) is 4.74 Å². The summed E-state index contributed by atoms with van der Waals surface area (Å²) < 4.78 is 33.7. The fourth-order valence-electron chi connectivity index (χ4n) is 2.42. The molecule has 0 aliphatic carbocycles. The zero-order valence-corrected chi connectivity index (χ0v) is 17.1. The van der Waals surface area contributed by atoms with Crippen LogP contribution in [0.4, 0.5) is 11.4 Å². The maximum Gasteiger partial charge on any atom is 0.338 e. The first-order valence-electron chi connectivity index (χ1n) is 8.79. The maximum atomic E-state index is 13.0. The second kappa shape index (κ2) is 8.43. The van der Waals surface area contributed by atoms with Crippen LogP contribution in [0.2, 0.25) is 0 Å². The SMILES string of the molecule is Cc1ccc(NS(=O)(=O)c2cc(C(=O)OC(C)C)ccc2NC(C)C)cc1. The van der Waals surface area contributed by atoms with Crippen molar-refractivity contribution in [2.45, 2.75) is 51.7 Å². The highest BCUT2D eigenvalue weighted by Gasteiger charge is 2.22. The van der Waals surface area contributed by atoms with E-state index in [-0.39, 0.29) is 22.6 Å². The van der Waals surface area contributed by atoms with E-state index in [0.29, 0.717) is 11.4 Å². The maximum absolute atomic E-state index is 13.0. The Kier molecular flexibility index (Phi) is 6.49.